The summed E-state index contributed by atoms with van der Waals surface area (Å²) in [4.78, 5) is 25.5. The highest BCUT2D eigenvalue weighted by atomic mass is 16.4. The highest BCUT2D eigenvalue weighted by Gasteiger charge is 2.33. The third-order valence-corrected chi connectivity index (χ3v) is 3.80. The average Bonchev–Trinajstić information content (AvgIpc) is 3.07. The predicted molar refractivity (Wildman–Crippen MR) is 76.3 cm³/mol. The molecule has 2 heterocycles. The molecule has 0 aromatic carbocycles. The second-order valence-corrected chi connectivity index (χ2v) is 5.51. The van der Waals surface area contributed by atoms with Crippen molar-refractivity contribution in [2.75, 3.05) is 13.1 Å². The SMILES string of the molecule is CCN1CC(C(=O)NC(C)CC(O)c2ccco2)CC1=O. The van der Waals surface area contributed by atoms with Gasteiger partial charge in [-0.25, -0.2) is 0 Å². The molecule has 1 aromatic rings. The fourth-order valence-corrected chi connectivity index (χ4v) is 2.60. The number of aliphatic hydroxyl groups is 1. The van der Waals surface area contributed by atoms with E-state index in [0.29, 0.717) is 25.3 Å². The monoisotopic (exact) mass is 294 g/mol. The minimum Gasteiger partial charge on any atom is -0.467 e. The highest BCUT2D eigenvalue weighted by molar-refractivity contribution is 5.89. The van der Waals surface area contributed by atoms with E-state index >= 15 is 0 Å². The van der Waals surface area contributed by atoms with Gasteiger partial charge < -0.3 is 19.7 Å². The van der Waals surface area contributed by atoms with Crippen LogP contribution in [-0.4, -0.2) is 41.0 Å². The molecule has 2 N–H and O–H groups in total. The van der Waals surface area contributed by atoms with Crippen molar-refractivity contribution in [3.05, 3.63) is 24.2 Å². The normalized spacial score (nSPS) is 21.4. The molecule has 3 atom stereocenters. The lowest BCUT2D eigenvalue weighted by atomic mass is 10.1. The first kappa shape index (κ1) is 15.6. The maximum Gasteiger partial charge on any atom is 0.225 e. The van der Waals surface area contributed by atoms with Crippen molar-refractivity contribution in [1.29, 1.82) is 0 Å². The van der Waals surface area contributed by atoms with E-state index < -0.39 is 6.10 Å². The van der Waals surface area contributed by atoms with Gasteiger partial charge in [-0.3, -0.25) is 9.59 Å². The van der Waals surface area contributed by atoms with Gasteiger partial charge in [0.25, 0.3) is 0 Å². The van der Waals surface area contributed by atoms with E-state index in [2.05, 4.69) is 5.32 Å². The van der Waals surface area contributed by atoms with E-state index in [-0.39, 0.29) is 30.2 Å². The molecule has 0 saturated carbocycles. The van der Waals surface area contributed by atoms with Gasteiger partial charge in [0.2, 0.25) is 11.8 Å². The Bertz CT molecular complexity index is 486. The molecule has 116 valence electrons. The number of rotatable bonds is 6. The summed E-state index contributed by atoms with van der Waals surface area (Å²) < 4.78 is 5.13. The minimum atomic E-state index is -0.743. The summed E-state index contributed by atoms with van der Waals surface area (Å²) in [5, 5.41) is 12.8. The van der Waals surface area contributed by atoms with Crippen LogP contribution in [0, 0.1) is 5.92 Å². The van der Waals surface area contributed by atoms with Crippen molar-refractivity contribution in [2.45, 2.75) is 38.8 Å². The van der Waals surface area contributed by atoms with Gasteiger partial charge in [-0.05, 0) is 26.0 Å². The van der Waals surface area contributed by atoms with E-state index in [9.17, 15) is 14.7 Å². The summed E-state index contributed by atoms with van der Waals surface area (Å²) in [5.41, 5.74) is 0. The fraction of sp³-hybridized carbons (Fsp3) is 0.600. The number of furan rings is 1. The molecule has 21 heavy (non-hydrogen) atoms. The first-order valence-corrected chi connectivity index (χ1v) is 7.30. The molecule has 2 amide bonds. The summed E-state index contributed by atoms with van der Waals surface area (Å²) in [6.45, 7) is 4.85. The second-order valence-electron chi connectivity index (χ2n) is 5.51. The van der Waals surface area contributed by atoms with Gasteiger partial charge in [-0.1, -0.05) is 0 Å². The largest absolute Gasteiger partial charge is 0.467 e. The van der Waals surface area contributed by atoms with Crippen molar-refractivity contribution >= 4 is 11.8 Å². The number of amides is 2. The molecule has 6 nitrogen and oxygen atoms in total. The van der Waals surface area contributed by atoms with E-state index in [1.165, 1.54) is 6.26 Å². The Morgan fingerprint density at radius 3 is 2.95 bits per heavy atom. The second kappa shape index (κ2) is 6.76. The first-order valence-electron chi connectivity index (χ1n) is 7.30. The molecule has 0 radical (unpaired) electrons. The Hall–Kier alpha value is -1.82. The Morgan fingerprint density at radius 2 is 2.38 bits per heavy atom. The summed E-state index contributed by atoms with van der Waals surface area (Å²) in [7, 11) is 0. The van der Waals surface area contributed by atoms with Crippen LogP contribution in [0.2, 0.25) is 0 Å². The van der Waals surface area contributed by atoms with Crippen LogP contribution in [0.4, 0.5) is 0 Å². The lowest BCUT2D eigenvalue weighted by molar-refractivity contribution is -0.129. The Labute approximate surface area is 124 Å². The van der Waals surface area contributed by atoms with Gasteiger partial charge in [-0.15, -0.1) is 0 Å². The van der Waals surface area contributed by atoms with Crippen LogP contribution in [0.15, 0.2) is 22.8 Å². The molecule has 1 aromatic heterocycles. The molecule has 0 bridgehead atoms. The number of hydrogen-bond acceptors (Lipinski definition) is 4. The zero-order valence-electron chi connectivity index (χ0n) is 12.4. The van der Waals surface area contributed by atoms with Gasteiger partial charge in [0.1, 0.15) is 11.9 Å². The number of carbonyl (C=O) groups excluding carboxylic acids is 2. The zero-order valence-corrected chi connectivity index (χ0v) is 12.4. The molecule has 1 fully saturated rings. The van der Waals surface area contributed by atoms with E-state index in [1.807, 2.05) is 13.8 Å². The van der Waals surface area contributed by atoms with Gasteiger partial charge in [0, 0.05) is 32.0 Å². The summed E-state index contributed by atoms with van der Waals surface area (Å²) in [6.07, 6.45) is 1.41. The highest BCUT2D eigenvalue weighted by Crippen LogP contribution is 2.20. The zero-order chi connectivity index (χ0) is 15.4. The molecule has 0 spiro atoms. The van der Waals surface area contributed by atoms with Crippen molar-refractivity contribution in [3.63, 3.8) is 0 Å². The van der Waals surface area contributed by atoms with Crippen molar-refractivity contribution in [3.8, 4) is 0 Å². The molecule has 3 unspecified atom stereocenters. The Kier molecular flexibility index (Phi) is 5.01. The number of likely N-dealkylation sites (tertiary alicyclic amines) is 1. The average molecular weight is 294 g/mol. The minimum absolute atomic E-state index is 0.0286. The van der Waals surface area contributed by atoms with Crippen LogP contribution in [0.5, 0.6) is 0 Å². The van der Waals surface area contributed by atoms with E-state index in [0.717, 1.165) is 0 Å². The number of aliphatic hydroxyl groups excluding tert-OH is 1. The molecule has 1 aliphatic rings. The van der Waals surface area contributed by atoms with Gasteiger partial charge in [-0.2, -0.15) is 0 Å². The summed E-state index contributed by atoms with van der Waals surface area (Å²) in [5.74, 6) is 0.101. The van der Waals surface area contributed by atoms with Gasteiger partial charge >= 0.3 is 0 Å². The maximum absolute atomic E-state index is 12.1. The molecular weight excluding hydrogens is 272 g/mol. The van der Waals surface area contributed by atoms with Crippen LogP contribution in [0.25, 0.3) is 0 Å². The first-order chi connectivity index (χ1) is 10.0. The molecule has 0 aliphatic carbocycles. The molecule has 6 heteroatoms. The van der Waals surface area contributed by atoms with E-state index in [4.69, 9.17) is 4.42 Å². The molecular formula is C15H22N2O4. The molecule has 2 rings (SSSR count). The Balaban J connectivity index is 1.81. The maximum atomic E-state index is 12.1. The number of hydrogen-bond donors (Lipinski definition) is 2. The van der Waals surface area contributed by atoms with Gasteiger partial charge in [0.15, 0.2) is 0 Å². The van der Waals surface area contributed by atoms with Crippen molar-refractivity contribution in [1.82, 2.24) is 10.2 Å². The third-order valence-electron chi connectivity index (χ3n) is 3.80. The summed E-state index contributed by atoms with van der Waals surface area (Å²) in [6, 6.07) is 3.22. The standard InChI is InChI=1S/C15H22N2O4/c1-3-17-9-11(8-14(17)19)15(20)16-10(2)7-12(18)13-5-4-6-21-13/h4-6,10-12,18H,3,7-9H2,1-2H3,(H,16,20). The molecule has 1 aliphatic heterocycles. The third kappa shape index (κ3) is 3.85. The lowest BCUT2D eigenvalue weighted by Gasteiger charge is -2.19. The van der Waals surface area contributed by atoms with Crippen molar-refractivity contribution < 1.29 is 19.1 Å². The summed E-state index contributed by atoms with van der Waals surface area (Å²) >= 11 is 0. The van der Waals surface area contributed by atoms with Crippen LogP contribution < -0.4 is 5.32 Å². The van der Waals surface area contributed by atoms with Crippen LogP contribution in [0.3, 0.4) is 0 Å². The predicted octanol–water partition coefficient (Wildman–Crippen LogP) is 1.08. The topological polar surface area (TPSA) is 82.8 Å². The molecule has 1 saturated heterocycles. The quantitative estimate of drug-likeness (QED) is 0.822. The number of nitrogens with zero attached hydrogens (tertiary/aromatic N) is 1. The smallest absolute Gasteiger partial charge is 0.225 e. The number of nitrogens with one attached hydrogen (secondary N) is 1. The van der Waals surface area contributed by atoms with Gasteiger partial charge in [0.05, 0.1) is 12.2 Å². The number of carbonyl (C=O) groups is 2. The van der Waals surface area contributed by atoms with E-state index in [1.54, 1.807) is 17.0 Å². The van der Waals surface area contributed by atoms with Crippen LogP contribution >= 0.6 is 0 Å². The van der Waals surface area contributed by atoms with Crippen molar-refractivity contribution in [2.24, 2.45) is 5.92 Å². The lowest BCUT2D eigenvalue weighted by Crippen LogP contribution is -2.39. The van der Waals surface area contributed by atoms with Crippen LogP contribution in [-0.2, 0) is 9.59 Å². The van der Waals surface area contributed by atoms with Crippen LogP contribution in [0.1, 0.15) is 38.6 Å². The Morgan fingerprint density at radius 1 is 1.62 bits per heavy atom. The fourth-order valence-electron chi connectivity index (χ4n) is 2.60.